The molecule has 1 aliphatic rings. The Morgan fingerprint density at radius 2 is 1.93 bits per heavy atom. The van der Waals surface area contributed by atoms with Crippen molar-refractivity contribution in [2.75, 3.05) is 36.0 Å². The van der Waals surface area contributed by atoms with Gasteiger partial charge in [-0.05, 0) is 65.2 Å². The minimum Gasteiger partial charge on any atom is -0.368 e. The molecule has 4 rings (SSSR count). The van der Waals surface area contributed by atoms with Crippen LogP contribution >= 0.6 is 11.3 Å². The smallest absolute Gasteiger partial charge is 0.244 e. The predicted octanol–water partition coefficient (Wildman–Crippen LogP) is 4.36. The van der Waals surface area contributed by atoms with Crippen molar-refractivity contribution in [2.45, 2.75) is 13.0 Å². The first-order valence-electron chi connectivity index (χ1n) is 10.2. The molecule has 0 aliphatic carbocycles. The maximum atomic E-state index is 12.3. The summed E-state index contributed by atoms with van der Waals surface area (Å²) < 4.78 is 0. The minimum atomic E-state index is -0.0805. The van der Waals surface area contributed by atoms with Crippen LogP contribution in [0.3, 0.4) is 0 Å². The van der Waals surface area contributed by atoms with Crippen LogP contribution < -0.4 is 15.1 Å². The van der Waals surface area contributed by atoms with Gasteiger partial charge < -0.3 is 15.1 Å². The number of nitrogens with zero attached hydrogens (tertiary/aromatic N) is 3. The van der Waals surface area contributed by atoms with Gasteiger partial charge in [0.05, 0.1) is 6.04 Å². The van der Waals surface area contributed by atoms with Crippen LogP contribution in [-0.2, 0) is 4.79 Å². The quantitative estimate of drug-likeness (QED) is 0.604. The highest BCUT2D eigenvalue weighted by Gasteiger charge is 2.19. The van der Waals surface area contributed by atoms with E-state index in [9.17, 15) is 4.79 Å². The van der Waals surface area contributed by atoms with E-state index in [1.54, 1.807) is 17.4 Å². The van der Waals surface area contributed by atoms with E-state index in [2.05, 4.69) is 50.4 Å². The van der Waals surface area contributed by atoms with Crippen molar-refractivity contribution >= 4 is 34.8 Å². The number of benzene rings is 1. The second-order valence-corrected chi connectivity index (χ2v) is 8.16. The summed E-state index contributed by atoms with van der Waals surface area (Å²) in [7, 11) is 0. The van der Waals surface area contributed by atoms with Gasteiger partial charge in [-0.2, -0.15) is 11.3 Å². The molecular weight excluding hydrogens is 392 g/mol. The van der Waals surface area contributed by atoms with Crippen LogP contribution in [0.25, 0.3) is 6.08 Å². The number of amides is 1. The van der Waals surface area contributed by atoms with Crippen molar-refractivity contribution in [3.63, 3.8) is 0 Å². The van der Waals surface area contributed by atoms with Gasteiger partial charge in [-0.15, -0.1) is 0 Å². The molecule has 5 nitrogen and oxygen atoms in total. The number of carbonyl (C=O) groups is 1. The van der Waals surface area contributed by atoms with E-state index in [0.717, 1.165) is 43.1 Å². The average Bonchev–Trinajstić information content (AvgIpc) is 3.32. The molecule has 0 spiro atoms. The minimum absolute atomic E-state index is 0.0561. The molecule has 1 atom stereocenters. The third-order valence-corrected chi connectivity index (χ3v) is 6.02. The van der Waals surface area contributed by atoms with Gasteiger partial charge in [0.2, 0.25) is 5.91 Å². The number of carbonyl (C=O) groups excluding carboxylic acids is 1. The predicted molar refractivity (Wildman–Crippen MR) is 125 cm³/mol. The molecule has 3 heterocycles. The van der Waals surface area contributed by atoms with Crippen molar-refractivity contribution in [2.24, 2.45) is 0 Å². The summed E-state index contributed by atoms with van der Waals surface area (Å²) in [6.45, 7) is 5.81. The molecule has 0 bridgehead atoms. The van der Waals surface area contributed by atoms with Crippen LogP contribution in [0.15, 0.2) is 71.6 Å². The topological polar surface area (TPSA) is 48.5 Å². The van der Waals surface area contributed by atoms with E-state index in [4.69, 9.17) is 0 Å². The highest BCUT2D eigenvalue weighted by Crippen LogP contribution is 2.23. The summed E-state index contributed by atoms with van der Waals surface area (Å²) >= 11 is 1.62. The number of aromatic nitrogens is 1. The van der Waals surface area contributed by atoms with Gasteiger partial charge >= 0.3 is 0 Å². The standard InChI is InChI=1S/C24H26N4OS/c1-19(26-24(29)9-8-20-10-16-30-18-20)21-5-4-6-22(17-21)27-12-14-28(15-13-27)23-7-2-3-11-25-23/h2-11,16-19H,12-15H2,1H3,(H,26,29)/b9-8+. The van der Waals surface area contributed by atoms with Crippen molar-refractivity contribution in [3.8, 4) is 0 Å². The molecule has 1 amide bonds. The molecule has 154 valence electrons. The largest absolute Gasteiger partial charge is 0.368 e. The van der Waals surface area contributed by atoms with Crippen LogP contribution in [0, 0.1) is 0 Å². The van der Waals surface area contributed by atoms with Gasteiger partial charge in [-0.25, -0.2) is 4.98 Å². The number of nitrogens with one attached hydrogen (secondary N) is 1. The first-order valence-corrected chi connectivity index (χ1v) is 11.1. The first-order chi connectivity index (χ1) is 14.7. The molecule has 1 saturated heterocycles. The lowest BCUT2D eigenvalue weighted by atomic mass is 10.1. The van der Waals surface area contributed by atoms with Crippen LogP contribution in [0.2, 0.25) is 0 Å². The lowest BCUT2D eigenvalue weighted by molar-refractivity contribution is -0.117. The third-order valence-electron chi connectivity index (χ3n) is 5.32. The zero-order chi connectivity index (χ0) is 20.8. The molecular formula is C24H26N4OS. The van der Waals surface area contributed by atoms with Crippen LogP contribution in [-0.4, -0.2) is 37.1 Å². The fourth-order valence-electron chi connectivity index (χ4n) is 3.61. The summed E-state index contributed by atoms with van der Waals surface area (Å²) in [5.74, 6) is 0.959. The average molecular weight is 419 g/mol. The summed E-state index contributed by atoms with van der Waals surface area (Å²) in [6, 6.07) is 16.4. The Balaban J connectivity index is 1.35. The molecule has 30 heavy (non-hydrogen) atoms. The number of thiophene rings is 1. The maximum absolute atomic E-state index is 12.3. The molecule has 0 saturated carbocycles. The molecule has 3 aromatic rings. The SMILES string of the molecule is CC(NC(=O)/C=C/c1ccsc1)c1cccc(N2CCN(c3ccccn3)CC2)c1. The highest BCUT2D eigenvalue weighted by molar-refractivity contribution is 7.08. The summed E-state index contributed by atoms with van der Waals surface area (Å²) in [6.07, 6.45) is 5.28. The van der Waals surface area contributed by atoms with Gasteiger partial charge in [0, 0.05) is 44.1 Å². The molecule has 1 N–H and O–H groups in total. The Bertz CT molecular complexity index is 979. The van der Waals surface area contributed by atoms with Gasteiger partial charge in [0.25, 0.3) is 0 Å². The number of pyridine rings is 1. The molecule has 1 aromatic carbocycles. The van der Waals surface area contributed by atoms with Gasteiger partial charge in [-0.1, -0.05) is 18.2 Å². The van der Waals surface area contributed by atoms with E-state index >= 15 is 0 Å². The van der Waals surface area contributed by atoms with Crippen LogP contribution in [0.1, 0.15) is 24.1 Å². The van der Waals surface area contributed by atoms with E-state index in [-0.39, 0.29) is 11.9 Å². The summed E-state index contributed by atoms with van der Waals surface area (Å²) in [5.41, 5.74) is 3.36. The van der Waals surface area contributed by atoms with Gasteiger partial charge in [0.15, 0.2) is 0 Å². The second-order valence-electron chi connectivity index (χ2n) is 7.38. The summed E-state index contributed by atoms with van der Waals surface area (Å²) in [5, 5.41) is 7.08. The van der Waals surface area contributed by atoms with Crippen molar-refractivity contribution in [1.29, 1.82) is 0 Å². The zero-order valence-electron chi connectivity index (χ0n) is 17.1. The van der Waals surface area contributed by atoms with Crippen molar-refractivity contribution < 1.29 is 4.79 Å². The number of rotatable bonds is 6. The first kappa shape index (κ1) is 20.2. The number of hydrogen-bond acceptors (Lipinski definition) is 5. The van der Waals surface area contributed by atoms with E-state index in [1.807, 2.05) is 48.2 Å². The van der Waals surface area contributed by atoms with E-state index < -0.39 is 0 Å². The maximum Gasteiger partial charge on any atom is 0.244 e. The number of anilines is 2. The highest BCUT2D eigenvalue weighted by atomic mass is 32.1. The lowest BCUT2D eigenvalue weighted by Gasteiger charge is -2.37. The Hall–Kier alpha value is -3.12. The molecule has 2 aromatic heterocycles. The van der Waals surface area contributed by atoms with Crippen molar-refractivity contribution in [1.82, 2.24) is 10.3 Å². The monoisotopic (exact) mass is 418 g/mol. The Kier molecular flexibility index (Phi) is 6.44. The van der Waals surface area contributed by atoms with E-state index in [0.29, 0.717) is 0 Å². The molecule has 1 aliphatic heterocycles. The molecule has 6 heteroatoms. The Morgan fingerprint density at radius 3 is 2.67 bits per heavy atom. The summed E-state index contributed by atoms with van der Waals surface area (Å²) in [4.78, 5) is 21.4. The zero-order valence-corrected chi connectivity index (χ0v) is 17.9. The lowest BCUT2D eigenvalue weighted by Crippen LogP contribution is -2.46. The van der Waals surface area contributed by atoms with Gasteiger partial charge in [0.1, 0.15) is 5.82 Å². The molecule has 1 unspecified atom stereocenters. The second kappa shape index (κ2) is 9.59. The molecule has 0 radical (unpaired) electrons. The fraction of sp³-hybridized carbons (Fsp3) is 0.250. The van der Waals surface area contributed by atoms with Crippen LogP contribution in [0.5, 0.6) is 0 Å². The normalized spacial score (nSPS) is 15.4. The fourth-order valence-corrected chi connectivity index (χ4v) is 4.24. The van der Waals surface area contributed by atoms with E-state index in [1.165, 1.54) is 5.69 Å². The van der Waals surface area contributed by atoms with Crippen molar-refractivity contribution in [3.05, 3.63) is 82.7 Å². The van der Waals surface area contributed by atoms with Crippen LogP contribution in [0.4, 0.5) is 11.5 Å². The van der Waals surface area contributed by atoms with Gasteiger partial charge in [-0.3, -0.25) is 4.79 Å². The Labute approximate surface area is 181 Å². The Morgan fingerprint density at radius 1 is 1.10 bits per heavy atom. The number of hydrogen-bond donors (Lipinski definition) is 1. The molecule has 1 fully saturated rings. The number of piperazine rings is 1. The third kappa shape index (κ3) is 5.07.